The van der Waals surface area contributed by atoms with Gasteiger partial charge in [-0.1, -0.05) is 29.8 Å². The molecule has 0 aromatic heterocycles. The quantitative estimate of drug-likeness (QED) is 0.843. The van der Waals surface area contributed by atoms with Crippen molar-refractivity contribution in [3.05, 3.63) is 35.4 Å². The van der Waals surface area contributed by atoms with Crippen LogP contribution in [0, 0.1) is 6.92 Å². The van der Waals surface area contributed by atoms with Crippen molar-refractivity contribution in [2.24, 2.45) is 0 Å². The van der Waals surface area contributed by atoms with E-state index in [9.17, 15) is 9.59 Å². The zero-order valence-corrected chi connectivity index (χ0v) is 16.6. The van der Waals surface area contributed by atoms with Crippen molar-refractivity contribution in [3.8, 4) is 0 Å². The molecule has 25 heavy (non-hydrogen) atoms. The van der Waals surface area contributed by atoms with E-state index in [1.54, 1.807) is 16.7 Å². The third-order valence-corrected chi connectivity index (χ3v) is 5.80. The molecule has 1 aromatic rings. The molecular formula is C19H29N3O2S. The van der Waals surface area contributed by atoms with E-state index in [0.717, 1.165) is 5.56 Å². The summed E-state index contributed by atoms with van der Waals surface area (Å²) in [5.41, 5.74) is 2.35. The Kier molecular flexibility index (Phi) is 6.76. The fraction of sp³-hybridized carbons (Fsp3) is 0.579. The number of carbonyl (C=O) groups excluding carboxylic acids is 2. The topological polar surface area (TPSA) is 52.7 Å². The van der Waals surface area contributed by atoms with Crippen molar-refractivity contribution in [1.29, 1.82) is 0 Å². The van der Waals surface area contributed by atoms with E-state index in [4.69, 9.17) is 0 Å². The van der Waals surface area contributed by atoms with Crippen LogP contribution >= 0.6 is 11.8 Å². The third kappa shape index (κ3) is 4.69. The lowest BCUT2D eigenvalue weighted by atomic mass is 10.1. The van der Waals surface area contributed by atoms with Crippen LogP contribution in [-0.2, 0) is 4.79 Å². The first kappa shape index (κ1) is 19.6. The van der Waals surface area contributed by atoms with Crippen molar-refractivity contribution in [2.75, 3.05) is 19.6 Å². The molecular weight excluding hydrogens is 334 g/mol. The van der Waals surface area contributed by atoms with E-state index in [1.807, 2.05) is 32.6 Å². The molecule has 0 aliphatic carbocycles. The van der Waals surface area contributed by atoms with Crippen LogP contribution in [0.3, 0.4) is 0 Å². The number of rotatable bonds is 6. The van der Waals surface area contributed by atoms with Crippen molar-refractivity contribution >= 4 is 23.7 Å². The van der Waals surface area contributed by atoms with Crippen molar-refractivity contribution in [1.82, 2.24) is 15.1 Å². The summed E-state index contributed by atoms with van der Waals surface area (Å²) < 4.78 is 0. The zero-order valence-electron chi connectivity index (χ0n) is 15.8. The number of nitrogens with one attached hydrogen (secondary N) is 1. The van der Waals surface area contributed by atoms with Gasteiger partial charge in [-0.3, -0.25) is 4.79 Å². The molecule has 6 heteroatoms. The number of carbonyl (C=O) groups is 2. The van der Waals surface area contributed by atoms with E-state index in [1.165, 1.54) is 5.56 Å². The first-order valence-electron chi connectivity index (χ1n) is 8.92. The minimum Gasteiger partial charge on any atom is -0.338 e. The Balaban J connectivity index is 2.12. The lowest BCUT2D eigenvalue weighted by Gasteiger charge is -2.31. The predicted octanol–water partition coefficient (Wildman–Crippen LogP) is 3.40. The molecule has 5 nitrogen and oxygen atoms in total. The summed E-state index contributed by atoms with van der Waals surface area (Å²) in [5.74, 6) is 0.148. The van der Waals surface area contributed by atoms with Crippen LogP contribution in [0.5, 0.6) is 0 Å². The zero-order chi connectivity index (χ0) is 18.6. The maximum Gasteiger partial charge on any atom is 0.317 e. The van der Waals surface area contributed by atoms with E-state index < -0.39 is 0 Å². The summed E-state index contributed by atoms with van der Waals surface area (Å²) in [6.45, 7) is 11.6. The maximum absolute atomic E-state index is 12.6. The van der Waals surface area contributed by atoms with E-state index in [0.29, 0.717) is 19.6 Å². The molecule has 138 valence electrons. The molecule has 0 saturated carbocycles. The second kappa shape index (κ2) is 8.61. The number of benzene rings is 1. The molecule has 0 unspecified atom stereocenters. The molecule has 3 amide bonds. The molecule has 1 fully saturated rings. The SMILES string of the molecule is CCNC(=O)N(CCN1C(=O)[C@@H](C)S[C@H]1c1ccc(C)cc1)C(C)C. The van der Waals surface area contributed by atoms with Crippen molar-refractivity contribution in [2.45, 2.75) is 51.3 Å². The highest BCUT2D eigenvalue weighted by Gasteiger charge is 2.38. The van der Waals surface area contributed by atoms with Crippen molar-refractivity contribution in [3.63, 3.8) is 0 Å². The van der Waals surface area contributed by atoms with Crippen LogP contribution in [0.25, 0.3) is 0 Å². The van der Waals surface area contributed by atoms with Gasteiger partial charge in [0.1, 0.15) is 5.37 Å². The number of aryl methyl sites for hydroxylation is 1. The highest BCUT2D eigenvalue weighted by Crippen LogP contribution is 2.42. The van der Waals surface area contributed by atoms with E-state index in [2.05, 4.69) is 36.5 Å². The van der Waals surface area contributed by atoms with Gasteiger partial charge in [0.25, 0.3) is 0 Å². The molecule has 0 spiro atoms. The Morgan fingerprint density at radius 3 is 2.52 bits per heavy atom. The molecule has 1 heterocycles. The molecule has 1 saturated heterocycles. The van der Waals surface area contributed by atoms with Gasteiger partial charge in [0, 0.05) is 25.7 Å². The molecule has 1 aromatic carbocycles. The van der Waals surface area contributed by atoms with Gasteiger partial charge >= 0.3 is 6.03 Å². The number of hydrogen-bond donors (Lipinski definition) is 1. The van der Waals surface area contributed by atoms with Crippen LogP contribution < -0.4 is 5.32 Å². The van der Waals surface area contributed by atoms with Crippen LogP contribution in [-0.4, -0.2) is 52.7 Å². The summed E-state index contributed by atoms with van der Waals surface area (Å²) >= 11 is 1.68. The molecule has 0 bridgehead atoms. The number of thioether (sulfide) groups is 1. The van der Waals surface area contributed by atoms with Gasteiger partial charge in [-0.15, -0.1) is 11.8 Å². The summed E-state index contributed by atoms with van der Waals surface area (Å²) in [6, 6.07) is 8.36. The second-order valence-corrected chi connectivity index (χ2v) is 8.12. The lowest BCUT2D eigenvalue weighted by molar-refractivity contribution is -0.130. The molecule has 2 atom stereocenters. The van der Waals surface area contributed by atoms with Crippen LogP contribution in [0.15, 0.2) is 24.3 Å². The Bertz CT molecular complexity index is 603. The Morgan fingerprint density at radius 2 is 1.96 bits per heavy atom. The van der Waals surface area contributed by atoms with Gasteiger partial charge in [0.05, 0.1) is 5.25 Å². The average molecular weight is 364 g/mol. The van der Waals surface area contributed by atoms with Gasteiger partial charge < -0.3 is 15.1 Å². The molecule has 1 aliphatic rings. The molecule has 2 rings (SSSR count). The fourth-order valence-corrected chi connectivity index (χ4v) is 4.26. The Hall–Kier alpha value is -1.69. The fourth-order valence-electron chi connectivity index (χ4n) is 2.95. The van der Waals surface area contributed by atoms with Gasteiger partial charge in [0.2, 0.25) is 5.91 Å². The molecule has 1 N–H and O–H groups in total. The largest absolute Gasteiger partial charge is 0.338 e. The number of urea groups is 1. The minimum absolute atomic E-state index is 0.0198. The first-order valence-corrected chi connectivity index (χ1v) is 9.86. The van der Waals surface area contributed by atoms with Crippen LogP contribution in [0.1, 0.15) is 44.2 Å². The normalized spacial score (nSPS) is 20.2. The maximum atomic E-state index is 12.6. The van der Waals surface area contributed by atoms with Crippen molar-refractivity contribution < 1.29 is 9.59 Å². The van der Waals surface area contributed by atoms with E-state index >= 15 is 0 Å². The lowest BCUT2D eigenvalue weighted by Crippen LogP contribution is -2.48. The van der Waals surface area contributed by atoms with Gasteiger partial charge in [-0.25, -0.2) is 4.79 Å². The first-order chi connectivity index (χ1) is 11.8. The minimum atomic E-state index is -0.0725. The predicted molar refractivity (Wildman–Crippen MR) is 104 cm³/mol. The number of hydrogen-bond acceptors (Lipinski definition) is 3. The van der Waals surface area contributed by atoms with E-state index in [-0.39, 0.29) is 28.6 Å². The number of amides is 3. The Labute approximate surface area is 155 Å². The summed E-state index contributed by atoms with van der Waals surface area (Å²) in [4.78, 5) is 28.6. The van der Waals surface area contributed by atoms with Crippen LogP contribution in [0.4, 0.5) is 4.79 Å². The summed E-state index contributed by atoms with van der Waals surface area (Å²) in [6.07, 6.45) is 0. The summed E-state index contributed by atoms with van der Waals surface area (Å²) in [5, 5.41) is 2.82. The molecule has 0 radical (unpaired) electrons. The smallest absolute Gasteiger partial charge is 0.317 e. The highest BCUT2D eigenvalue weighted by atomic mass is 32.2. The summed E-state index contributed by atoms with van der Waals surface area (Å²) in [7, 11) is 0. The average Bonchev–Trinajstić information content (AvgIpc) is 2.84. The van der Waals surface area contributed by atoms with Crippen LogP contribution in [0.2, 0.25) is 0 Å². The highest BCUT2D eigenvalue weighted by molar-refractivity contribution is 8.01. The Morgan fingerprint density at radius 1 is 1.32 bits per heavy atom. The second-order valence-electron chi connectivity index (χ2n) is 6.70. The third-order valence-electron chi connectivity index (χ3n) is 4.40. The van der Waals surface area contributed by atoms with Gasteiger partial charge in [0.15, 0.2) is 0 Å². The molecule has 1 aliphatic heterocycles. The van der Waals surface area contributed by atoms with Gasteiger partial charge in [-0.2, -0.15) is 0 Å². The monoisotopic (exact) mass is 363 g/mol. The van der Waals surface area contributed by atoms with Gasteiger partial charge in [-0.05, 0) is 40.2 Å². The standard InChI is InChI=1S/C19H29N3O2S/c1-6-20-19(24)21(13(2)3)11-12-22-17(23)15(5)25-18(22)16-9-7-14(4)8-10-16/h7-10,13,15,18H,6,11-12H2,1-5H3,(H,20,24)/t15-,18+/m1/s1. The number of nitrogens with zero attached hydrogens (tertiary/aromatic N) is 2.